The van der Waals surface area contributed by atoms with E-state index in [0.29, 0.717) is 0 Å². The third kappa shape index (κ3) is 3.54. The van der Waals surface area contributed by atoms with Crippen molar-refractivity contribution in [3.63, 3.8) is 0 Å². The zero-order chi connectivity index (χ0) is 16.8. The Kier molecular flexibility index (Phi) is 5.07. The molecule has 1 aliphatic carbocycles. The van der Waals surface area contributed by atoms with Gasteiger partial charge in [0.05, 0.1) is 0 Å². The molecule has 0 aromatic heterocycles. The summed E-state index contributed by atoms with van der Waals surface area (Å²) in [6.07, 6.45) is 8.58. The first kappa shape index (κ1) is 16.0. The second-order valence-corrected chi connectivity index (χ2v) is 5.68. The van der Waals surface area contributed by atoms with Crippen LogP contribution in [0.4, 0.5) is 5.69 Å². The van der Waals surface area contributed by atoms with Crippen LogP contribution in [0.25, 0.3) is 5.57 Å². The maximum atomic E-state index is 3.35. The van der Waals surface area contributed by atoms with Gasteiger partial charge in [-0.25, -0.2) is 4.99 Å². The van der Waals surface area contributed by atoms with Crippen LogP contribution in [-0.2, 0) is 0 Å². The van der Waals surface area contributed by atoms with Gasteiger partial charge < -0.3 is 5.32 Å². The van der Waals surface area contributed by atoms with Crippen LogP contribution < -0.4 is 10.3 Å². The summed E-state index contributed by atoms with van der Waals surface area (Å²) in [6, 6.07) is 19.2. The van der Waals surface area contributed by atoms with Gasteiger partial charge in [0, 0.05) is 24.4 Å². The Hall–Kier alpha value is -2.87. The maximum Gasteiger partial charge on any atom is 0.198 e. The molecule has 1 aliphatic rings. The largest absolute Gasteiger partial charge is 0.385 e. The molecule has 2 aromatic carbocycles. The fourth-order valence-electron chi connectivity index (χ4n) is 2.87. The molecule has 0 heterocycles. The molecule has 120 valence electrons. The lowest BCUT2D eigenvalue weighted by Crippen LogP contribution is -2.67. The molecule has 2 nitrogen and oxygen atoms in total. The summed E-state index contributed by atoms with van der Waals surface area (Å²) in [4.78, 5) is 3.18. The summed E-state index contributed by atoms with van der Waals surface area (Å²) in [5.74, 6) is 0. The van der Waals surface area contributed by atoms with Gasteiger partial charge in [0.1, 0.15) is 7.05 Å². The molecule has 2 N–H and O–H groups in total. The van der Waals surface area contributed by atoms with Crippen LogP contribution in [0.15, 0.2) is 84.5 Å². The number of allylic oxidation sites excluding steroid dienone is 5. The monoisotopic (exact) mass is 315 g/mol. The molecule has 3 rings (SSSR count). The molecule has 0 bridgehead atoms. The van der Waals surface area contributed by atoms with Crippen LogP contribution in [0.5, 0.6) is 0 Å². The number of anilines is 1. The first-order chi connectivity index (χ1) is 11.8. The van der Waals surface area contributed by atoms with Crippen molar-refractivity contribution in [3.05, 3.63) is 95.6 Å². The van der Waals surface area contributed by atoms with E-state index in [0.717, 1.165) is 17.9 Å². The van der Waals surface area contributed by atoms with Gasteiger partial charge in [-0.05, 0) is 53.5 Å². The number of benzene rings is 2. The van der Waals surface area contributed by atoms with E-state index < -0.39 is 0 Å². The maximum absolute atomic E-state index is 3.35. The van der Waals surface area contributed by atoms with Crippen molar-refractivity contribution in [2.24, 2.45) is 0 Å². The summed E-state index contributed by atoms with van der Waals surface area (Å²) >= 11 is 0. The minimum atomic E-state index is 0.931. The molecule has 24 heavy (non-hydrogen) atoms. The fraction of sp³-hybridized carbons (Fsp3) is 0.136. The Morgan fingerprint density at radius 3 is 2.04 bits per heavy atom. The Morgan fingerprint density at radius 1 is 0.833 bits per heavy atom. The van der Waals surface area contributed by atoms with Crippen LogP contribution in [-0.4, -0.2) is 19.3 Å². The van der Waals surface area contributed by atoms with Crippen LogP contribution in [0, 0.1) is 0 Å². The molecule has 0 spiro atoms. The van der Waals surface area contributed by atoms with Gasteiger partial charge in [-0.2, -0.15) is 0 Å². The molecular weight excluding hydrogens is 292 g/mol. The Balaban J connectivity index is 2.09. The first-order valence-corrected chi connectivity index (χ1v) is 8.36. The molecule has 0 aliphatic heterocycles. The van der Waals surface area contributed by atoms with E-state index in [4.69, 9.17) is 0 Å². The number of hydrogen-bond donors (Lipinski definition) is 2. The van der Waals surface area contributed by atoms with Crippen molar-refractivity contribution in [1.29, 1.82) is 0 Å². The van der Waals surface area contributed by atoms with Crippen LogP contribution in [0.2, 0.25) is 0 Å². The highest BCUT2D eigenvalue weighted by atomic mass is 14.8. The quantitative estimate of drug-likeness (QED) is 0.890. The Bertz CT molecular complexity index is 789. The van der Waals surface area contributed by atoms with Gasteiger partial charge in [0.15, 0.2) is 5.71 Å². The SMILES string of the molecule is CCNc1ccc(C(=C2C=CC(=[NH+]C)C=C2)c2ccccc2)cc1. The Morgan fingerprint density at radius 2 is 1.46 bits per heavy atom. The predicted molar refractivity (Wildman–Crippen MR) is 103 cm³/mol. The van der Waals surface area contributed by atoms with Crippen molar-refractivity contribution >= 4 is 17.0 Å². The zero-order valence-electron chi connectivity index (χ0n) is 14.2. The first-order valence-electron chi connectivity index (χ1n) is 8.36. The summed E-state index contributed by atoms with van der Waals surface area (Å²) < 4.78 is 0. The molecule has 0 saturated heterocycles. The van der Waals surface area contributed by atoms with E-state index in [1.807, 2.05) is 7.05 Å². The lowest BCUT2D eigenvalue weighted by atomic mass is 9.91. The van der Waals surface area contributed by atoms with E-state index in [-0.39, 0.29) is 0 Å². The average molecular weight is 315 g/mol. The van der Waals surface area contributed by atoms with Gasteiger partial charge in [0.2, 0.25) is 0 Å². The van der Waals surface area contributed by atoms with E-state index in [9.17, 15) is 0 Å². The lowest BCUT2D eigenvalue weighted by Gasteiger charge is -2.14. The van der Waals surface area contributed by atoms with Crippen molar-refractivity contribution in [2.45, 2.75) is 6.92 Å². The third-order valence-corrected chi connectivity index (χ3v) is 4.08. The highest BCUT2D eigenvalue weighted by Gasteiger charge is 2.11. The summed E-state index contributed by atoms with van der Waals surface area (Å²) in [5.41, 5.74) is 7.19. The van der Waals surface area contributed by atoms with Crippen molar-refractivity contribution in [2.75, 3.05) is 18.9 Å². The van der Waals surface area contributed by atoms with Crippen LogP contribution >= 0.6 is 0 Å². The van der Waals surface area contributed by atoms with Gasteiger partial charge in [-0.15, -0.1) is 0 Å². The van der Waals surface area contributed by atoms with E-state index in [1.54, 1.807) is 0 Å². The Labute approximate surface area is 144 Å². The molecule has 0 saturated carbocycles. The molecule has 0 fully saturated rings. The normalized spacial score (nSPS) is 13.1. The summed E-state index contributed by atoms with van der Waals surface area (Å²) in [6.45, 7) is 3.04. The smallest absolute Gasteiger partial charge is 0.198 e. The number of nitrogens with one attached hydrogen (secondary N) is 2. The third-order valence-electron chi connectivity index (χ3n) is 4.08. The standard InChI is InChI=1S/C22H22N2/c1-3-24-21-15-11-19(12-16-21)22(17-7-5-4-6-8-17)18-9-13-20(23-2)14-10-18/h4-16,24H,3H2,1-2H3/p+1. The van der Waals surface area contributed by atoms with Crippen LogP contribution in [0.3, 0.4) is 0 Å². The van der Waals surface area contributed by atoms with E-state index >= 15 is 0 Å². The topological polar surface area (TPSA) is 26.0 Å². The summed E-state index contributed by atoms with van der Waals surface area (Å²) in [7, 11) is 1.94. The molecule has 2 aromatic rings. The minimum Gasteiger partial charge on any atom is -0.385 e. The predicted octanol–water partition coefficient (Wildman–Crippen LogP) is 3.20. The zero-order valence-corrected chi connectivity index (χ0v) is 14.2. The van der Waals surface area contributed by atoms with Crippen molar-refractivity contribution in [1.82, 2.24) is 0 Å². The van der Waals surface area contributed by atoms with Gasteiger partial charge in [-0.3, -0.25) is 0 Å². The molecule has 0 unspecified atom stereocenters. The van der Waals surface area contributed by atoms with Crippen LogP contribution in [0.1, 0.15) is 18.1 Å². The van der Waals surface area contributed by atoms with Gasteiger partial charge in [-0.1, -0.05) is 42.5 Å². The van der Waals surface area contributed by atoms with E-state index in [2.05, 4.69) is 96.1 Å². The molecule has 2 heteroatoms. The van der Waals surface area contributed by atoms with Gasteiger partial charge in [0.25, 0.3) is 0 Å². The number of rotatable bonds is 4. The molecular formula is C22H23N2+. The van der Waals surface area contributed by atoms with Crippen molar-refractivity contribution in [3.8, 4) is 0 Å². The van der Waals surface area contributed by atoms with E-state index in [1.165, 1.54) is 22.3 Å². The summed E-state index contributed by atoms with van der Waals surface area (Å²) in [5, 5.41) is 3.35. The van der Waals surface area contributed by atoms with Crippen molar-refractivity contribution < 1.29 is 4.99 Å². The second kappa shape index (κ2) is 7.60. The second-order valence-electron chi connectivity index (χ2n) is 5.68. The minimum absolute atomic E-state index is 0.931. The number of hydrogen-bond acceptors (Lipinski definition) is 1. The highest BCUT2D eigenvalue weighted by Crippen LogP contribution is 2.30. The lowest BCUT2D eigenvalue weighted by molar-refractivity contribution is -0.417. The fourth-order valence-corrected chi connectivity index (χ4v) is 2.87. The molecule has 0 radical (unpaired) electrons. The average Bonchev–Trinajstić information content (AvgIpc) is 2.65. The molecule has 0 amide bonds. The molecule has 0 atom stereocenters. The van der Waals surface area contributed by atoms with Gasteiger partial charge >= 0.3 is 0 Å². The highest BCUT2D eigenvalue weighted by molar-refractivity contribution is 6.03.